The maximum Gasteiger partial charge on any atom is 0.247 e. The number of likely N-dealkylation sites (tertiary alicyclic amines) is 1. The minimum atomic E-state index is -0.562. The Bertz CT molecular complexity index is 714. The first-order chi connectivity index (χ1) is 11.6. The molecule has 1 aliphatic rings. The van der Waals surface area contributed by atoms with E-state index in [2.05, 4.69) is 10.3 Å². The van der Waals surface area contributed by atoms with Gasteiger partial charge in [-0.25, -0.2) is 4.98 Å². The Morgan fingerprint density at radius 1 is 1.33 bits per heavy atom. The molecule has 126 valence electrons. The number of rotatable bonds is 5. The van der Waals surface area contributed by atoms with E-state index in [1.165, 1.54) is 0 Å². The maximum absolute atomic E-state index is 12.8. The van der Waals surface area contributed by atoms with Gasteiger partial charge < -0.3 is 10.2 Å². The molecule has 1 aliphatic heterocycles. The van der Waals surface area contributed by atoms with Gasteiger partial charge in [-0.2, -0.15) is 0 Å². The minimum absolute atomic E-state index is 0.0545. The van der Waals surface area contributed by atoms with E-state index in [4.69, 9.17) is 0 Å². The number of amides is 2. The molecule has 2 heterocycles. The highest BCUT2D eigenvalue weighted by atomic mass is 32.1. The largest absolute Gasteiger partial charge is 0.349 e. The molecular weight excluding hydrogens is 322 g/mol. The first-order valence-corrected chi connectivity index (χ1v) is 9.00. The van der Waals surface area contributed by atoms with Crippen molar-refractivity contribution in [2.45, 2.75) is 38.8 Å². The lowest BCUT2D eigenvalue weighted by molar-refractivity contribution is -0.142. The topological polar surface area (TPSA) is 62.3 Å². The average molecular weight is 343 g/mol. The molecule has 0 saturated carbocycles. The second-order valence-electron chi connectivity index (χ2n) is 5.92. The molecule has 6 heteroatoms. The summed E-state index contributed by atoms with van der Waals surface area (Å²) >= 11 is 1.57. The average Bonchev–Trinajstić information content (AvgIpc) is 3.01. The number of hydrogen-bond donors (Lipinski definition) is 1. The van der Waals surface area contributed by atoms with Crippen molar-refractivity contribution in [3.05, 3.63) is 52.0 Å². The van der Waals surface area contributed by atoms with Gasteiger partial charge in [-0.15, -0.1) is 11.3 Å². The number of aryl methyl sites for hydroxylation is 1. The number of thiazole rings is 1. The molecule has 2 amide bonds. The van der Waals surface area contributed by atoms with Gasteiger partial charge in [0.2, 0.25) is 11.8 Å². The lowest BCUT2D eigenvalue weighted by Gasteiger charge is -2.34. The molecular formula is C18H21N3O2S. The second-order valence-corrected chi connectivity index (χ2v) is 7.24. The standard InChI is InChI=1S/C18H21N3O2S/c1-13-19-11-15(24-13)12-20-18(23)17(14-7-3-2-4-8-14)21-10-6-5-9-16(21)22/h2-4,7-8,11,17H,5-6,9-10,12H2,1H3,(H,20,23)/t17-/m0/s1. The van der Waals surface area contributed by atoms with Crippen LogP contribution in [0.2, 0.25) is 0 Å². The van der Waals surface area contributed by atoms with Gasteiger partial charge in [0, 0.05) is 24.0 Å². The SMILES string of the molecule is Cc1ncc(CNC(=O)[C@H](c2ccccc2)N2CCCCC2=O)s1. The van der Waals surface area contributed by atoms with Gasteiger partial charge in [-0.3, -0.25) is 9.59 Å². The van der Waals surface area contributed by atoms with E-state index < -0.39 is 6.04 Å². The van der Waals surface area contributed by atoms with Crippen LogP contribution >= 0.6 is 11.3 Å². The van der Waals surface area contributed by atoms with E-state index in [-0.39, 0.29) is 11.8 Å². The molecule has 0 aliphatic carbocycles. The number of hydrogen-bond acceptors (Lipinski definition) is 4. The number of carbonyl (C=O) groups excluding carboxylic acids is 2. The molecule has 2 aromatic rings. The molecule has 24 heavy (non-hydrogen) atoms. The van der Waals surface area contributed by atoms with Crippen LogP contribution in [0.1, 0.15) is 40.8 Å². The third kappa shape index (κ3) is 3.82. The highest BCUT2D eigenvalue weighted by Crippen LogP contribution is 2.26. The summed E-state index contributed by atoms with van der Waals surface area (Å²) in [7, 11) is 0. The molecule has 1 aromatic heterocycles. The van der Waals surface area contributed by atoms with Gasteiger partial charge in [0.15, 0.2) is 0 Å². The summed E-state index contributed by atoms with van der Waals surface area (Å²) < 4.78 is 0. The number of benzene rings is 1. The predicted octanol–water partition coefficient (Wildman–Crippen LogP) is 2.82. The highest BCUT2D eigenvalue weighted by molar-refractivity contribution is 7.11. The summed E-state index contributed by atoms with van der Waals surface area (Å²) in [5.41, 5.74) is 0.853. The lowest BCUT2D eigenvalue weighted by Crippen LogP contribution is -2.45. The van der Waals surface area contributed by atoms with Crippen molar-refractivity contribution in [3.8, 4) is 0 Å². The van der Waals surface area contributed by atoms with Crippen molar-refractivity contribution >= 4 is 23.2 Å². The number of piperidine rings is 1. The van der Waals surface area contributed by atoms with Crippen LogP contribution in [0.25, 0.3) is 0 Å². The molecule has 1 atom stereocenters. The van der Waals surface area contributed by atoms with Gasteiger partial charge in [0.1, 0.15) is 6.04 Å². The molecule has 3 rings (SSSR count). The number of nitrogens with zero attached hydrogens (tertiary/aromatic N) is 2. The zero-order valence-corrected chi connectivity index (χ0v) is 14.5. The van der Waals surface area contributed by atoms with Gasteiger partial charge >= 0.3 is 0 Å². The molecule has 1 saturated heterocycles. The van der Waals surface area contributed by atoms with Crippen molar-refractivity contribution in [3.63, 3.8) is 0 Å². The fourth-order valence-electron chi connectivity index (χ4n) is 2.97. The monoisotopic (exact) mass is 343 g/mol. The molecule has 1 fully saturated rings. The lowest BCUT2D eigenvalue weighted by atomic mass is 10.0. The van der Waals surface area contributed by atoms with E-state index in [9.17, 15) is 9.59 Å². The van der Waals surface area contributed by atoms with E-state index in [1.54, 1.807) is 22.4 Å². The van der Waals surface area contributed by atoms with Gasteiger partial charge in [-0.05, 0) is 25.3 Å². The van der Waals surface area contributed by atoms with Crippen molar-refractivity contribution in [2.75, 3.05) is 6.54 Å². The van der Waals surface area contributed by atoms with Crippen LogP contribution in [0.15, 0.2) is 36.5 Å². The Balaban J connectivity index is 1.78. The summed E-state index contributed by atoms with van der Waals surface area (Å²) in [4.78, 5) is 32.1. The first kappa shape index (κ1) is 16.6. The molecule has 0 bridgehead atoms. The Morgan fingerprint density at radius 2 is 2.12 bits per heavy atom. The molecule has 1 N–H and O–H groups in total. The van der Waals surface area contributed by atoms with Crippen molar-refractivity contribution in [1.82, 2.24) is 15.2 Å². The van der Waals surface area contributed by atoms with Crippen LogP contribution in [0.5, 0.6) is 0 Å². The van der Waals surface area contributed by atoms with Crippen LogP contribution in [0.4, 0.5) is 0 Å². The number of nitrogens with one attached hydrogen (secondary N) is 1. The quantitative estimate of drug-likeness (QED) is 0.908. The van der Waals surface area contributed by atoms with E-state index in [1.807, 2.05) is 37.3 Å². The highest BCUT2D eigenvalue weighted by Gasteiger charge is 2.32. The van der Waals surface area contributed by atoms with Crippen LogP contribution in [0, 0.1) is 6.92 Å². The third-order valence-corrected chi connectivity index (χ3v) is 5.05. The molecule has 0 unspecified atom stereocenters. The summed E-state index contributed by atoms with van der Waals surface area (Å²) in [5.74, 6) is -0.0820. The summed E-state index contributed by atoms with van der Waals surface area (Å²) in [6.45, 7) is 3.01. The summed E-state index contributed by atoms with van der Waals surface area (Å²) in [6.07, 6.45) is 4.14. The number of aromatic nitrogens is 1. The van der Waals surface area contributed by atoms with E-state index in [0.29, 0.717) is 19.5 Å². The van der Waals surface area contributed by atoms with Crippen LogP contribution in [-0.2, 0) is 16.1 Å². The molecule has 0 spiro atoms. The fraction of sp³-hybridized carbons (Fsp3) is 0.389. The Morgan fingerprint density at radius 3 is 2.79 bits per heavy atom. The Hall–Kier alpha value is -2.21. The fourth-order valence-corrected chi connectivity index (χ4v) is 3.70. The zero-order valence-electron chi connectivity index (χ0n) is 13.7. The molecule has 0 radical (unpaired) electrons. The van der Waals surface area contributed by atoms with Gasteiger partial charge in [0.05, 0.1) is 11.6 Å². The van der Waals surface area contributed by atoms with Crippen molar-refractivity contribution in [1.29, 1.82) is 0 Å². The number of carbonyl (C=O) groups is 2. The van der Waals surface area contributed by atoms with Crippen LogP contribution in [0.3, 0.4) is 0 Å². The molecule has 5 nitrogen and oxygen atoms in total. The van der Waals surface area contributed by atoms with Gasteiger partial charge in [-0.1, -0.05) is 30.3 Å². The Kier molecular flexibility index (Phi) is 5.25. The molecule has 1 aromatic carbocycles. The minimum Gasteiger partial charge on any atom is -0.349 e. The first-order valence-electron chi connectivity index (χ1n) is 8.18. The van der Waals surface area contributed by atoms with E-state index in [0.717, 1.165) is 28.3 Å². The van der Waals surface area contributed by atoms with Crippen molar-refractivity contribution in [2.24, 2.45) is 0 Å². The van der Waals surface area contributed by atoms with Crippen LogP contribution < -0.4 is 5.32 Å². The van der Waals surface area contributed by atoms with Crippen LogP contribution in [-0.4, -0.2) is 28.2 Å². The predicted molar refractivity (Wildman–Crippen MR) is 93.4 cm³/mol. The smallest absolute Gasteiger partial charge is 0.247 e. The van der Waals surface area contributed by atoms with Gasteiger partial charge in [0.25, 0.3) is 0 Å². The van der Waals surface area contributed by atoms with Crippen molar-refractivity contribution < 1.29 is 9.59 Å². The second kappa shape index (κ2) is 7.57. The Labute approximate surface area is 145 Å². The van der Waals surface area contributed by atoms with E-state index >= 15 is 0 Å². The normalized spacial score (nSPS) is 16.0. The summed E-state index contributed by atoms with van der Waals surface area (Å²) in [6, 6.07) is 8.96. The summed E-state index contributed by atoms with van der Waals surface area (Å²) in [5, 5.41) is 3.94. The zero-order chi connectivity index (χ0) is 16.9. The maximum atomic E-state index is 12.8. The third-order valence-electron chi connectivity index (χ3n) is 4.14.